The molecule has 0 spiro atoms. The Labute approximate surface area is 184 Å². The number of nitrogens with one attached hydrogen (secondary N) is 3. The van der Waals surface area contributed by atoms with Crippen LogP contribution in [0.2, 0.25) is 0 Å². The number of fused-ring (bicyclic) bond motifs is 2. The van der Waals surface area contributed by atoms with E-state index in [1.807, 2.05) is 36.7 Å². The highest BCUT2D eigenvalue weighted by Gasteiger charge is 2.22. The molecule has 3 N–H and O–H groups in total. The molecular formula is C25H22N6O. The lowest BCUT2D eigenvalue weighted by Crippen LogP contribution is -2.20. The van der Waals surface area contributed by atoms with Crippen LogP contribution >= 0.6 is 0 Å². The van der Waals surface area contributed by atoms with E-state index in [1.165, 1.54) is 0 Å². The van der Waals surface area contributed by atoms with E-state index in [0.29, 0.717) is 0 Å². The lowest BCUT2D eigenvalue weighted by atomic mass is 10.0. The number of pyridine rings is 2. The second-order valence-electron chi connectivity index (χ2n) is 8.41. The van der Waals surface area contributed by atoms with E-state index < -0.39 is 0 Å². The van der Waals surface area contributed by atoms with Crippen LogP contribution in [0, 0.1) is 5.92 Å². The van der Waals surface area contributed by atoms with E-state index in [4.69, 9.17) is 0 Å². The Balaban J connectivity index is 1.35. The molecule has 1 aliphatic rings. The quantitative estimate of drug-likeness (QED) is 0.366. The number of anilines is 1. The number of amides is 1. The van der Waals surface area contributed by atoms with Crippen LogP contribution in [0.1, 0.15) is 25.7 Å². The minimum Gasteiger partial charge on any atom is -0.352 e. The molecular weight excluding hydrogens is 400 g/mol. The molecule has 0 bridgehead atoms. The normalized spacial score (nSPS) is 14.4. The minimum atomic E-state index is 0.0994. The highest BCUT2D eigenvalue weighted by molar-refractivity contribution is 5.98. The number of aromatic nitrogens is 5. The first-order valence-corrected chi connectivity index (χ1v) is 10.9. The third-order valence-corrected chi connectivity index (χ3v) is 6.31. The van der Waals surface area contributed by atoms with Crippen molar-refractivity contribution in [3.8, 4) is 22.5 Å². The van der Waals surface area contributed by atoms with Crippen molar-refractivity contribution >= 4 is 33.4 Å². The Morgan fingerprint density at radius 3 is 2.72 bits per heavy atom. The molecule has 7 heteroatoms. The Morgan fingerprint density at radius 2 is 1.84 bits per heavy atom. The van der Waals surface area contributed by atoms with Crippen LogP contribution in [-0.4, -0.2) is 31.1 Å². The molecule has 1 aromatic carbocycles. The summed E-state index contributed by atoms with van der Waals surface area (Å²) in [6.07, 6.45) is 11.3. The predicted octanol–water partition coefficient (Wildman–Crippen LogP) is 5.30. The van der Waals surface area contributed by atoms with E-state index in [9.17, 15) is 4.79 Å². The number of carbonyl (C=O) groups excluding carboxylic acids is 1. The summed E-state index contributed by atoms with van der Waals surface area (Å²) in [5.41, 5.74) is 6.43. The van der Waals surface area contributed by atoms with Gasteiger partial charge in [0.2, 0.25) is 5.91 Å². The Hall–Kier alpha value is -4.00. The summed E-state index contributed by atoms with van der Waals surface area (Å²) in [7, 11) is 0. The van der Waals surface area contributed by atoms with Crippen LogP contribution < -0.4 is 5.32 Å². The van der Waals surface area contributed by atoms with Gasteiger partial charge in [0.15, 0.2) is 0 Å². The van der Waals surface area contributed by atoms with Gasteiger partial charge in [-0.1, -0.05) is 18.9 Å². The molecule has 5 aromatic rings. The van der Waals surface area contributed by atoms with Crippen LogP contribution in [-0.2, 0) is 4.79 Å². The van der Waals surface area contributed by atoms with Crippen LogP contribution in [0.25, 0.3) is 44.3 Å². The van der Waals surface area contributed by atoms with Gasteiger partial charge in [-0.05, 0) is 48.7 Å². The topological polar surface area (TPSA) is 99.3 Å². The Bertz CT molecular complexity index is 1410. The summed E-state index contributed by atoms with van der Waals surface area (Å²) >= 11 is 0. The molecule has 7 nitrogen and oxygen atoms in total. The Kier molecular flexibility index (Phi) is 4.45. The third-order valence-electron chi connectivity index (χ3n) is 6.31. The van der Waals surface area contributed by atoms with Gasteiger partial charge in [0.25, 0.3) is 0 Å². The first-order valence-electron chi connectivity index (χ1n) is 10.9. The van der Waals surface area contributed by atoms with Gasteiger partial charge in [-0.2, -0.15) is 5.10 Å². The molecule has 0 unspecified atom stereocenters. The average molecular weight is 422 g/mol. The van der Waals surface area contributed by atoms with Gasteiger partial charge in [-0.3, -0.25) is 19.9 Å². The van der Waals surface area contributed by atoms with Crippen molar-refractivity contribution in [3.63, 3.8) is 0 Å². The first kappa shape index (κ1) is 18.7. The van der Waals surface area contributed by atoms with Gasteiger partial charge in [-0.25, -0.2) is 0 Å². The molecule has 0 aliphatic heterocycles. The number of carbonyl (C=O) groups is 1. The zero-order valence-electron chi connectivity index (χ0n) is 17.4. The van der Waals surface area contributed by atoms with Crippen molar-refractivity contribution in [1.29, 1.82) is 0 Å². The maximum absolute atomic E-state index is 12.5. The van der Waals surface area contributed by atoms with Crippen molar-refractivity contribution in [3.05, 3.63) is 61.2 Å². The molecule has 0 saturated heterocycles. The van der Waals surface area contributed by atoms with E-state index in [2.05, 4.69) is 42.6 Å². The number of benzene rings is 1. The van der Waals surface area contributed by atoms with Gasteiger partial charge in [0.05, 0.1) is 34.8 Å². The summed E-state index contributed by atoms with van der Waals surface area (Å²) in [5, 5.41) is 12.8. The standard InChI is InChI=1S/C25H22N6O/c32-25(15-3-1-2-4-15)28-19-9-18(12-27-13-19)16-5-6-21-20(10-16)24(31-30-21)22-11-17-7-8-26-14-23(17)29-22/h5-15,29H,1-4H2,(H,28,32)(H,30,31). The largest absolute Gasteiger partial charge is 0.352 e. The molecule has 0 atom stereocenters. The molecule has 158 valence electrons. The maximum atomic E-state index is 12.5. The van der Waals surface area contributed by atoms with Crippen LogP contribution in [0.4, 0.5) is 5.69 Å². The van der Waals surface area contributed by atoms with Crippen molar-refractivity contribution in [2.24, 2.45) is 5.92 Å². The van der Waals surface area contributed by atoms with Gasteiger partial charge in [-0.15, -0.1) is 0 Å². The molecule has 4 aromatic heterocycles. The molecule has 1 saturated carbocycles. The van der Waals surface area contributed by atoms with Crippen LogP contribution in [0.15, 0.2) is 61.2 Å². The fourth-order valence-corrected chi connectivity index (χ4v) is 4.60. The molecule has 1 amide bonds. The van der Waals surface area contributed by atoms with Gasteiger partial charge in [0.1, 0.15) is 5.69 Å². The molecule has 6 rings (SSSR count). The average Bonchev–Trinajstić information content (AvgIpc) is 3.58. The second-order valence-corrected chi connectivity index (χ2v) is 8.41. The molecule has 32 heavy (non-hydrogen) atoms. The van der Waals surface area contributed by atoms with Crippen LogP contribution in [0.3, 0.4) is 0 Å². The van der Waals surface area contributed by atoms with Crippen molar-refractivity contribution < 1.29 is 4.79 Å². The molecule has 0 radical (unpaired) electrons. The molecule has 4 heterocycles. The summed E-state index contributed by atoms with van der Waals surface area (Å²) < 4.78 is 0. The number of aromatic amines is 2. The highest BCUT2D eigenvalue weighted by atomic mass is 16.1. The highest BCUT2D eigenvalue weighted by Crippen LogP contribution is 2.32. The zero-order chi connectivity index (χ0) is 21.5. The predicted molar refractivity (Wildman–Crippen MR) is 125 cm³/mol. The number of rotatable bonds is 4. The van der Waals surface area contributed by atoms with E-state index >= 15 is 0 Å². The summed E-state index contributed by atoms with van der Waals surface area (Å²) in [6.45, 7) is 0. The number of hydrogen-bond donors (Lipinski definition) is 3. The van der Waals surface area contributed by atoms with E-state index in [1.54, 1.807) is 12.4 Å². The van der Waals surface area contributed by atoms with E-state index in [0.717, 1.165) is 75.7 Å². The number of H-pyrrole nitrogens is 2. The smallest absolute Gasteiger partial charge is 0.227 e. The second kappa shape index (κ2) is 7.60. The summed E-state index contributed by atoms with van der Waals surface area (Å²) in [6, 6.07) is 12.2. The van der Waals surface area contributed by atoms with E-state index in [-0.39, 0.29) is 11.8 Å². The van der Waals surface area contributed by atoms with Gasteiger partial charge in [0, 0.05) is 34.6 Å². The number of hydrogen-bond acceptors (Lipinski definition) is 4. The maximum Gasteiger partial charge on any atom is 0.227 e. The summed E-state index contributed by atoms with van der Waals surface area (Å²) in [4.78, 5) is 24.5. The van der Waals surface area contributed by atoms with Crippen molar-refractivity contribution in [1.82, 2.24) is 25.1 Å². The van der Waals surface area contributed by atoms with Crippen LogP contribution in [0.5, 0.6) is 0 Å². The fourth-order valence-electron chi connectivity index (χ4n) is 4.60. The SMILES string of the molecule is O=C(Nc1cncc(-c2ccc3[nH]nc(-c4cc5ccncc5[nH]4)c3c2)c1)C1CCCC1. The molecule has 1 fully saturated rings. The first-order chi connectivity index (χ1) is 15.7. The lowest BCUT2D eigenvalue weighted by molar-refractivity contribution is -0.119. The minimum absolute atomic E-state index is 0.0994. The fraction of sp³-hybridized carbons (Fsp3) is 0.200. The zero-order valence-corrected chi connectivity index (χ0v) is 17.4. The van der Waals surface area contributed by atoms with Gasteiger partial charge < -0.3 is 10.3 Å². The monoisotopic (exact) mass is 422 g/mol. The van der Waals surface area contributed by atoms with Crippen molar-refractivity contribution in [2.75, 3.05) is 5.32 Å². The lowest BCUT2D eigenvalue weighted by Gasteiger charge is -2.11. The molecule has 1 aliphatic carbocycles. The third kappa shape index (κ3) is 3.32. The van der Waals surface area contributed by atoms with Gasteiger partial charge >= 0.3 is 0 Å². The summed E-state index contributed by atoms with van der Waals surface area (Å²) in [5.74, 6) is 0.220. The number of nitrogens with zero attached hydrogens (tertiary/aromatic N) is 3. The Morgan fingerprint density at radius 1 is 0.938 bits per heavy atom. The van der Waals surface area contributed by atoms with Crippen molar-refractivity contribution in [2.45, 2.75) is 25.7 Å².